The number of nitrogens with zero attached hydrogens (tertiary/aromatic N) is 6. The minimum absolute atomic E-state index is 0.0151. The third-order valence-corrected chi connectivity index (χ3v) is 5.49. The lowest BCUT2D eigenvalue weighted by atomic mass is 10.0. The molecule has 1 atom stereocenters. The molecule has 0 spiro atoms. The van der Waals surface area contributed by atoms with Crippen LogP contribution in [0.4, 0.5) is 9.59 Å². The third kappa shape index (κ3) is 10.6. The van der Waals surface area contributed by atoms with Crippen LogP contribution in [-0.2, 0) is 32.0 Å². The topological polar surface area (TPSA) is 161 Å². The molecule has 2 heterocycles. The van der Waals surface area contributed by atoms with E-state index in [1.165, 1.54) is 4.80 Å². The van der Waals surface area contributed by atoms with Gasteiger partial charge in [0.1, 0.15) is 22.8 Å². The highest BCUT2D eigenvalue weighted by Crippen LogP contribution is 2.33. The summed E-state index contributed by atoms with van der Waals surface area (Å²) in [6.45, 7) is 18.7. The van der Waals surface area contributed by atoms with Gasteiger partial charge in [-0.1, -0.05) is 30.3 Å². The lowest BCUT2D eigenvalue weighted by Gasteiger charge is -2.33. The molecular weight excluding hydrogens is 584 g/mol. The molecular formula is C31H44N6O8. The highest BCUT2D eigenvalue weighted by atomic mass is 16.6. The van der Waals surface area contributed by atoms with Crippen molar-refractivity contribution in [1.82, 2.24) is 30.3 Å². The highest BCUT2D eigenvalue weighted by Gasteiger charge is 2.44. The van der Waals surface area contributed by atoms with Gasteiger partial charge in [-0.3, -0.25) is 0 Å². The van der Waals surface area contributed by atoms with Gasteiger partial charge in [-0.05, 0) is 92.1 Å². The van der Waals surface area contributed by atoms with Gasteiger partial charge in [-0.2, -0.15) is 9.70 Å². The molecule has 0 saturated carbocycles. The minimum atomic E-state index is -1.60. The zero-order chi connectivity index (χ0) is 33.7. The quantitative estimate of drug-likeness (QED) is 0.214. The molecule has 0 aliphatic rings. The standard InChI is InChI=1S/C31H44N6O8/c1-19(2)41-25-21(23(45-34-25)24-32-35-36(33-24)18-20-15-13-12-14-16-20)17-22(26(38)42-29(3,4)5)37(27(39)43-30(6,7)8)28(40)44-31(9,10)11/h12-16,19,22H,17-18H2,1-11H3. The SMILES string of the molecule is CC(C)Oc1noc(-c2nnn(Cc3ccccc3)n2)c1CC(C(=O)OC(C)(C)C)N(C(=O)OC(C)(C)C)C(=O)OC(C)(C)C. The number of imide groups is 1. The average Bonchev–Trinajstić information content (AvgIpc) is 3.47. The Balaban J connectivity index is 2.14. The first kappa shape index (κ1) is 35.0. The Kier molecular flexibility index (Phi) is 10.6. The summed E-state index contributed by atoms with van der Waals surface area (Å²) in [6.07, 6.45) is -2.93. The van der Waals surface area contributed by atoms with Gasteiger partial charge in [0, 0.05) is 6.42 Å². The molecule has 0 aliphatic carbocycles. The van der Waals surface area contributed by atoms with Crippen molar-refractivity contribution in [3.63, 3.8) is 0 Å². The molecule has 14 heteroatoms. The van der Waals surface area contributed by atoms with E-state index < -0.39 is 41.0 Å². The number of aromatic nitrogens is 5. The fourth-order valence-corrected chi connectivity index (χ4v) is 3.91. The molecule has 0 fully saturated rings. The van der Waals surface area contributed by atoms with Crippen molar-refractivity contribution in [1.29, 1.82) is 0 Å². The zero-order valence-corrected chi connectivity index (χ0v) is 27.9. The first-order valence-corrected chi connectivity index (χ1v) is 14.7. The maximum Gasteiger partial charge on any atom is 0.420 e. The summed E-state index contributed by atoms with van der Waals surface area (Å²) in [6, 6.07) is 7.95. The van der Waals surface area contributed by atoms with Crippen LogP contribution in [0.25, 0.3) is 11.6 Å². The molecule has 246 valence electrons. The highest BCUT2D eigenvalue weighted by molar-refractivity contribution is 5.94. The largest absolute Gasteiger partial charge is 0.473 e. The van der Waals surface area contributed by atoms with Crippen molar-refractivity contribution in [3.05, 3.63) is 41.5 Å². The van der Waals surface area contributed by atoms with Crippen LogP contribution < -0.4 is 4.74 Å². The van der Waals surface area contributed by atoms with E-state index in [0.717, 1.165) is 5.56 Å². The fourth-order valence-electron chi connectivity index (χ4n) is 3.91. The van der Waals surface area contributed by atoms with Crippen LogP contribution in [0.3, 0.4) is 0 Å². The second-order valence-electron chi connectivity index (χ2n) is 13.7. The molecule has 0 bridgehead atoms. The fraction of sp³-hybridized carbons (Fsp3) is 0.581. The summed E-state index contributed by atoms with van der Waals surface area (Å²) in [4.78, 5) is 43.0. The number of tetrazole rings is 1. The number of hydrogen-bond acceptors (Lipinski definition) is 12. The second-order valence-corrected chi connectivity index (χ2v) is 13.7. The Hall–Kier alpha value is -4.49. The van der Waals surface area contributed by atoms with E-state index in [4.69, 9.17) is 23.5 Å². The van der Waals surface area contributed by atoms with Crippen LogP contribution >= 0.6 is 0 Å². The van der Waals surface area contributed by atoms with E-state index in [9.17, 15) is 14.4 Å². The van der Waals surface area contributed by atoms with E-state index in [2.05, 4.69) is 20.6 Å². The van der Waals surface area contributed by atoms with Gasteiger partial charge in [0.15, 0.2) is 0 Å². The van der Waals surface area contributed by atoms with Crippen molar-refractivity contribution in [2.75, 3.05) is 0 Å². The Morgan fingerprint density at radius 3 is 1.93 bits per heavy atom. The lowest BCUT2D eigenvalue weighted by molar-refractivity contribution is -0.161. The van der Waals surface area contributed by atoms with Crippen LogP contribution in [0.1, 0.15) is 87.3 Å². The normalized spacial score (nSPS) is 12.9. The Morgan fingerprint density at radius 1 is 0.867 bits per heavy atom. The van der Waals surface area contributed by atoms with Crippen LogP contribution in [0, 0.1) is 0 Å². The van der Waals surface area contributed by atoms with Crippen molar-refractivity contribution in [2.24, 2.45) is 0 Å². The summed E-state index contributed by atoms with van der Waals surface area (Å²) >= 11 is 0. The maximum atomic E-state index is 13.8. The number of hydrogen-bond donors (Lipinski definition) is 0. The molecule has 3 aromatic rings. The van der Waals surface area contributed by atoms with E-state index >= 15 is 0 Å². The van der Waals surface area contributed by atoms with Gasteiger partial charge in [0.25, 0.3) is 5.88 Å². The number of carbonyl (C=O) groups is 3. The third-order valence-electron chi connectivity index (χ3n) is 5.49. The molecule has 0 N–H and O–H groups in total. The Morgan fingerprint density at radius 2 is 1.42 bits per heavy atom. The molecule has 2 amide bonds. The van der Waals surface area contributed by atoms with Gasteiger partial charge >= 0.3 is 18.2 Å². The zero-order valence-electron chi connectivity index (χ0n) is 27.9. The van der Waals surface area contributed by atoms with Crippen molar-refractivity contribution in [2.45, 2.75) is 118 Å². The molecule has 1 aromatic carbocycles. The summed E-state index contributed by atoms with van der Waals surface area (Å²) in [7, 11) is 0. The van der Waals surface area contributed by atoms with E-state index in [1.54, 1.807) is 76.2 Å². The number of carbonyl (C=O) groups excluding carboxylic acids is 3. The maximum absolute atomic E-state index is 13.8. The summed E-state index contributed by atoms with van der Waals surface area (Å²) in [5, 5.41) is 16.8. The number of ether oxygens (including phenoxy) is 4. The van der Waals surface area contributed by atoms with Crippen LogP contribution in [-0.4, -0.2) is 77.4 Å². The first-order valence-electron chi connectivity index (χ1n) is 14.7. The first-order chi connectivity index (χ1) is 20.7. The molecule has 0 saturated heterocycles. The molecule has 3 rings (SSSR count). The summed E-state index contributed by atoms with van der Waals surface area (Å²) in [5.74, 6) is -0.799. The van der Waals surface area contributed by atoms with E-state index in [0.29, 0.717) is 11.4 Å². The van der Waals surface area contributed by atoms with Crippen LogP contribution in [0.5, 0.6) is 5.88 Å². The van der Waals surface area contributed by atoms with E-state index in [-0.39, 0.29) is 35.6 Å². The summed E-state index contributed by atoms with van der Waals surface area (Å²) < 4.78 is 28.3. The predicted octanol–water partition coefficient (Wildman–Crippen LogP) is 5.59. The molecule has 45 heavy (non-hydrogen) atoms. The van der Waals surface area contributed by atoms with E-state index in [1.807, 2.05) is 30.3 Å². The van der Waals surface area contributed by atoms with Crippen LogP contribution in [0.15, 0.2) is 34.9 Å². The van der Waals surface area contributed by atoms with Gasteiger partial charge in [-0.15, -0.1) is 10.2 Å². The number of amides is 2. The number of benzene rings is 1. The molecule has 0 aliphatic heterocycles. The van der Waals surface area contributed by atoms with Gasteiger partial charge in [0.05, 0.1) is 18.2 Å². The van der Waals surface area contributed by atoms with Crippen molar-refractivity contribution >= 4 is 18.2 Å². The van der Waals surface area contributed by atoms with Gasteiger partial charge < -0.3 is 23.5 Å². The Bertz CT molecular complexity index is 1430. The number of esters is 1. The number of rotatable bonds is 9. The molecule has 0 radical (unpaired) electrons. The van der Waals surface area contributed by atoms with Crippen LogP contribution in [0.2, 0.25) is 0 Å². The second kappa shape index (κ2) is 13.7. The molecule has 14 nitrogen and oxygen atoms in total. The van der Waals surface area contributed by atoms with Gasteiger partial charge in [0.2, 0.25) is 11.6 Å². The molecule has 2 aromatic heterocycles. The average molecular weight is 629 g/mol. The lowest BCUT2D eigenvalue weighted by Crippen LogP contribution is -2.54. The summed E-state index contributed by atoms with van der Waals surface area (Å²) in [5.41, 5.74) is -1.84. The molecule has 1 unspecified atom stereocenters. The smallest absolute Gasteiger partial charge is 0.420 e. The van der Waals surface area contributed by atoms with Crippen molar-refractivity contribution < 1.29 is 37.9 Å². The van der Waals surface area contributed by atoms with Gasteiger partial charge in [-0.25, -0.2) is 14.4 Å². The van der Waals surface area contributed by atoms with Crippen molar-refractivity contribution in [3.8, 4) is 17.5 Å². The Labute approximate surface area is 263 Å². The minimum Gasteiger partial charge on any atom is -0.473 e. The monoisotopic (exact) mass is 628 g/mol. The predicted molar refractivity (Wildman–Crippen MR) is 162 cm³/mol.